The van der Waals surface area contributed by atoms with Crippen LogP contribution in [0.4, 0.5) is 0 Å². The summed E-state index contributed by atoms with van der Waals surface area (Å²) in [4.78, 5) is 25.3. The molecule has 1 amide bonds. The van der Waals surface area contributed by atoms with E-state index in [0.717, 1.165) is 0 Å². The summed E-state index contributed by atoms with van der Waals surface area (Å²) in [6.45, 7) is 3.38. The Labute approximate surface area is 131 Å². The summed E-state index contributed by atoms with van der Waals surface area (Å²) in [7, 11) is 0. The quantitative estimate of drug-likeness (QED) is 0.612. The van der Waals surface area contributed by atoms with Crippen LogP contribution in [-0.2, 0) is 19.0 Å². The van der Waals surface area contributed by atoms with Gasteiger partial charge in [-0.05, 0) is 13.8 Å². The van der Waals surface area contributed by atoms with Crippen LogP contribution in [0.25, 0.3) is 0 Å². The minimum absolute atomic E-state index is 0.117. The fraction of sp³-hybridized carbons (Fsp3) is 0.692. The molecule has 3 N–H and O–H groups in total. The van der Waals surface area contributed by atoms with Crippen LogP contribution in [-0.4, -0.2) is 77.0 Å². The van der Waals surface area contributed by atoms with E-state index in [2.05, 4.69) is 15.0 Å². The molecule has 4 heterocycles. The highest BCUT2D eigenvalue weighted by Gasteiger charge is 2.58. The van der Waals surface area contributed by atoms with E-state index >= 15 is 0 Å². The van der Waals surface area contributed by atoms with E-state index in [0.29, 0.717) is 5.84 Å². The third-order valence-electron chi connectivity index (χ3n) is 4.12. The van der Waals surface area contributed by atoms with E-state index in [1.807, 2.05) is 0 Å². The number of aliphatic hydroxyl groups excluding tert-OH is 1. The Kier molecular flexibility index (Phi) is 3.07. The van der Waals surface area contributed by atoms with Crippen LogP contribution in [0, 0.1) is 0 Å². The first-order valence-corrected chi connectivity index (χ1v) is 7.30. The molecule has 0 bridgehead atoms. The van der Waals surface area contributed by atoms with Crippen LogP contribution in [0.2, 0.25) is 0 Å². The molecular weight excluding hydrogens is 306 g/mol. The first kappa shape index (κ1) is 14.7. The second kappa shape index (κ2) is 4.81. The van der Waals surface area contributed by atoms with Gasteiger partial charge >= 0.3 is 0 Å². The Morgan fingerprint density at radius 3 is 2.83 bits per heavy atom. The van der Waals surface area contributed by atoms with Crippen molar-refractivity contribution in [3.63, 3.8) is 0 Å². The number of fused-ring (bicyclic) bond motifs is 2. The van der Waals surface area contributed by atoms with Gasteiger partial charge in [0.1, 0.15) is 18.3 Å². The summed E-state index contributed by atoms with van der Waals surface area (Å²) in [5.41, 5.74) is 5.57. The van der Waals surface area contributed by atoms with Crippen molar-refractivity contribution in [2.24, 2.45) is 20.7 Å². The van der Waals surface area contributed by atoms with Gasteiger partial charge in [0, 0.05) is 0 Å². The number of aliphatic hydroxyl groups is 1. The van der Waals surface area contributed by atoms with Crippen molar-refractivity contribution < 1.29 is 24.1 Å². The Hall–Kier alpha value is -1.88. The zero-order valence-electron chi connectivity index (χ0n) is 12.6. The summed E-state index contributed by atoms with van der Waals surface area (Å²) in [5.74, 6) is -1.03. The van der Waals surface area contributed by atoms with E-state index in [1.165, 1.54) is 6.34 Å². The molecule has 4 aliphatic rings. The van der Waals surface area contributed by atoms with Gasteiger partial charge in [0.05, 0.1) is 12.9 Å². The number of hydrogen-bond acceptors (Lipinski definition) is 9. The largest absolute Gasteiger partial charge is 0.394 e. The summed E-state index contributed by atoms with van der Waals surface area (Å²) < 4.78 is 17.5. The van der Waals surface area contributed by atoms with Gasteiger partial charge in [-0.25, -0.2) is 0 Å². The van der Waals surface area contributed by atoms with Crippen LogP contribution in [0.15, 0.2) is 15.0 Å². The lowest BCUT2D eigenvalue weighted by Gasteiger charge is -2.29. The molecule has 23 heavy (non-hydrogen) atoms. The molecule has 0 aromatic heterocycles. The van der Waals surface area contributed by atoms with Crippen molar-refractivity contribution in [2.45, 2.75) is 50.2 Å². The molecule has 2 fully saturated rings. The van der Waals surface area contributed by atoms with Crippen molar-refractivity contribution in [3.8, 4) is 0 Å². The molecule has 124 valence electrons. The number of hydrogen-bond donors (Lipinski definition) is 2. The average Bonchev–Trinajstić information content (AvgIpc) is 3.09. The topological polar surface area (TPSA) is 131 Å². The van der Waals surface area contributed by atoms with Crippen LogP contribution in [0.5, 0.6) is 0 Å². The van der Waals surface area contributed by atoms with Crippen LogP contribution in [0.3, 0.4) is 0 Å². The number of nitrogens with two attached hydrogens (primary N) is 1. The van der Waals surface area contributed by atoms with Gasteiger partial charge in [0.25, 0.3) is 5.91 Å². The molecule has 10 heteroatoms. The molecule has 0 radical (unpaired) electrons. The summed E-state index contributed by atoms with van der Waals surface area (Å²) >= 11 is 0. The predicted octanol–water partition coefficient (Wildman–Crippen LogP) is -1.81. The maximum Gasteiger partial charge on any atom is 0.281 e. The zero-order chi connectivity index (χ0) is 16.4. The van der Waals surface area contributed by atoms with E-state index in [1.54, 1.807) is 18.7 Å². The molecule has 4 aliphatic heterocycles. The van der Waals surface area contributed by atoms with Gasteiger partial charge in [0.15, 0.2) is 23.9 Å². The summed E-state index contributed by atoms with van der Waals surface area (Å²) in [5, 5.41) is 9.52. The molecular formula is C13H17N5O5. The number of aliphatic imine (C=N–C) groups is 3. The monoisotopic (exact) mass is 323 g/mol. The van der Waals surface area contributed by atoms with Gasteiger partial charge in [-0.15, -0.1) is 0 Å². The first-order chi connectivity index (χ1) is 10.9. The molecule has 0 spiro atoms. The lowest BCUT2D eigenvalue weighted by atomic mass is 10.1. The Bertz CT molecular complexity index is 645. The fourth-order valence-electron chi connectivity index (χ4n) is 3.24. The van der Waals surface area contributed by atoms with Gasteiger partial charge in [-0.2, -0.15) is 9.98 Å². The number of amides is 1. The first-order valence-electron chi connectivity index (χ1n) is 7.30. The second-order valence-electron chi connectivity index (χ2n) is 6.17. The van der Waals surface area contributed by atoms with Gasteiger partial charge in [-0.1, -0.05) is 0 Å². The number of guanidine groups is 1. The average molecular weight is 323 g/mol. The number of ether oxygens (including phenoxy) is 3. The van der Waals surface area contributed by atoms with Crippen LogP contribution < -0.4 is 5.73 Å². The van der Waals surface area contributed by atoms with Crippen molar-refractivity contribution in [2.75, 3.05) is 6.61 Å². The third-order valence-corrected chi connectivity index (χ3v) is 4.12. The van der Waals surface area contributed by atoms with Gasteiger partial charge in [-0.3, -0.25) is 14.7 Å². The molecule has 5 unspecified atom stereocenters. The molecule has 0 aliphatic carbocycles. The maximum absolute atomic E-state index is 11.9. The molecule has 0 saturated carbocycles. The van der Waals surface area contributed by atoms with E-state index in [-0.39, 0.29) is 12.6 Å². The summed E-state index contributed by atoms with van der Waals surface area (Å²) in [6.07, 6.45) is -0.565. The standard InChI is InChI=1S/C13H17N5O5/c1-13(2)22-7-5(3-19)21-11(8(7)23-13)18-4-15-6-9(18)16-12(14)17-10(6)20/h4-8,11,19H,3H2,1-2H3,(H2,14,17,20). The molecule has 4 rings (SSSR count). The number of nitrogens with zero attached hydrogens (tertiary/aromatic N) is 4. The molecule has 0 aromatic rings. The van der Waals surface area contributed by atoms with E-state index in [4.69, 9.17) is 19.9 Å². The summed E-state index contributed by atoms with van der Waals surface area (Å²) in [6, 6.07) is -0.812. The van der Waals surface area contributed by atoms with Crippen molar-refractivity contribution >= 4 is 24.0 Å². The van der Waals surface area contributed by atoms with Gasteiger partial charge in [0.2, 0.25) is 5.96 Å². The van der Waals surface area contributed by atoms with Crippen molar-refractivity contribution in [1.29, 1.82) is 0 Å². The maximum atomic E-state index is 11.9. The highest BCUT2D eigenvalue weighted by molar-refractivity contribution is 6.21. The number of carbonyl (C=O) groups is 1. The zero-order valence-corrected chi connectivity index (χ0v) is 12.6. The molecule has 5 atom stereocenters. The van der Waals surface area contributed by atoms with Crippen LogP contribution in [0.1, 0.15) is 13.8 Å². The van der Waals surface area contributed by atoms with E-state index < -0.39 is 42.3 Å². The van der Waals surface area contributed by atoms with Crippen molar-refractivity contribution in [3.05, 3.63) is 0 Å². The number of amidine groups is 1. The highest BCUT2D eigenvalue weighted by atomic mass is 16.8. The Balaban J connectivity index is 1.65. The minimum Gasteiger partial charge on any atom is -0.394 e. The second-order valence-corrected chi connectivity index (χ2v) is 6.17. The molecule has 2 saturated heterocycles. The normalized spacial score (nSPS) is 40.9. The van der Waals surface area contributed by atoms with Crippen LogP contribution >= 0.6 is 0 Å². The van der Waals surface area contributed by atoms with Crippen molar-refractivity contribution in [1.82, 2.24) is 4.90 Å². The number of carbonyl (C=O) groups excluding carboxylic acids is 1. The smallest absolute Gasteiger partial charge is 0.281 e. The molecule has 10 nitrogen and oxygen atoms in total. The highest BCUT2D eigenvalue weighted by Crippen LogP contribution is 2.40. The van der Waals surface area contributed by atoms with Gasteiger partial charge < -0.3 is 25.1 Å². The molecule has 0 aromatic carbocycles. The van der Waals surface area contributed by atoms with E-state index in [9.17, 15) is 9.90 Å². The minimum atomic E-state index is -0.812. The Morgan fingerprint density at radius 2 is 2.09 bits per heavy atom. The lowest BCUT2D eigenvalue weighted by Crippen LogP contribution is -2.49. The fourth-order valence-corrected chi connectivity index (χ4v) is 3.24. The predicted molar refractivity (Wildman–Crippen MR) is 77.8 cm³/mol. The lowest BCUT2D eigenvalue weighted by molar-refractivity contribution is -0.198. The number of rotatable bonds is 2. The Morgan fingerprint density at radius 1 is 1.35 bits per heavy atom. The SMILES string of the molecule is CC1(C)OC2C(CO)OC(N3C=NC4C(=O)N=C(N)N=C43)C2O1. The third kappa shape index (κ3) is 2.17.